The second-order valence-corrected chi connectivity index (χ2v) is 5.33. The summed E-state index contributed by atoms with van der Waals surface area (Å²) >= 11 is 0. The van der Waals surface area contributed by atoms with Crippen molar-refractivity contribution in [1.29, 1.82) is 0 Å². The highest BCUT2D eigenvalue weighted by Crippen LogP contribution is 2.33. The van der Waals surface area contributed by atoms with Crippen LogP contribution in [0.2, 0.25) is 0 Å². The highest BCUT2D eigenvalue weighted by Gasteiger charge is 2.11. The number of anilines is 1. The number of nitrogens with two attached hydrogens (primary N) is 1. The van der Waals surface area contributed by atoms with Crippen molar-refractivity contribution >= 4 is 13.3 Å². The van der Waals surface area contributed by atoms with Crippen molar-refractivity contribution in [3.63, 3.8) is 0 Å². The zero-order chi connectivity index (χ0) is 12.0. The molecule has 1 aromatic carbocycles. The minimum absolute atomic E-state index is 0.155. The lowest BCUT2D eigenvalue weighted by molar-refractivity contribution is 0.374. The van der Waals surface area contributed by atoms with Gasteiger partial charge >= 0.3 is 7.60 Å². The smallest absolute Gasteiger partial charge is 0.327 e. The molecule has 0 atom stereocenters. The summed E-state index contributed by atoms with van der Waals surface area (Å²) in [5.41, 5.74) is 7.44. The highest BCUT2D eigenvalue weighted by molar-refractivity contribution is 7.51. The monoisotopic (exact) mass is 244 g/mol. The SMILES string of the molecule is NCCc1ccc(NCCP(=O)(O)O)cc1. The Balaban J connectivity index is 2.40. The summed E-state index contributed by atoms with van der Waals surface area (Å²) in [4.78, 5) is 17.3. The first-order chi connectivity index (χ1) is 7.51. The molecule has 16 heavy (non-hydrogen) atoms. The van der Waals surface area contributed by atoms with Gasteiger partial charge in [0.25, 0.3) is 0 Å². The minimum atomic E-state index is -3.90. The first-order valence-electron chi connectivity index (χ1n) is 5.09. The Labute approximate surface area is 94.8 Å². The molecule has 0 unspecified atom stereocenters. The lowest BCUT2D eigenvalue weighted by Gasteiger charge is -2.08. The van der Waals surface area contributed by atoms with E-state index in [4.69, 9.17) is 15.5 Å². The van der Waals surface area contributed by atoms with Crippen LogP contribution < -0.4 is 11.1 Å². The van der Waals surface area contributed by atoms with Crippen LogP contribution in [0.4, 0.5) is 5.69 Å². The first-order valence-corrected chi connectivity index (χ1v) is 6.88. The molecule has 0 heterocycles. The largest absolute Gasteiger partial charge is 0.384 e. The van der Waals surface area contributed by atoms with Gasteiger partial charge in [-0.2, -0.15) is 0 Å². The van der Waals surface area contributed by atoms with E-state index in [2.05, 4.69) is 5.32 Å². The van der Waals surface area contributed by atoms with Crippen molar-refractivity contribution in [3.8, 4) is 0 Å². The van der Waals surface area contributed by atoms with Crippen LogP contribution in [0.25, 0.3) is 0 Å². The lowest BCUT2D eigenvalue weighted by Crippen LogP contribution is -2.07. The van der Waals surface area contributed by atoms with E-state index in [1.807, 2.05) is 24.3 Å². The van der Waals surface area contributed by atoms with Crippen molar-refractivity contribution in [2.45, 2.75) is 6.42 Å². The standard InChI is InChI=1S/C10H17N2O3P/c11-6-5-9-1-3-10(4-2-9)12-7-8-16(13,14)15/h1-4,12H,5-8,11H2,(H2,13,14,15). The van der Waals surface area contributed by atoms with Crippen LogP contribution in [-0.2, 0) is 11.0 Å². The molecule has 0 saturated heterocycles. The molecule has 5 nitrogen and oxygen atoms in total. The van der Waals surface area contributed by atoms with Gasteiger partial charge in [-0.25, -0.2) is 0 Å². The van der Waals surface area contributed by atoms with Gasteiger partial charge in [-0.1, -0.05) is 12.1 Å². The van der Waals surface area contributed by atoms with E-state index in [9.17, 15) is 4.57 Å². The van der Waals surface area contributed by atoms with Crippen LogP contribution in [0.3, 0.4) is 0 Å². The van der Waals surface area contributed by atoms with E-state index in [1.165, 1.54) is 0 Å². The molecule has 5 N–H and O–H groups in total. The van der Waals surface area contributed by atoms with Gasteiger partial charge in [0.05, 0.1) is 6.16 Å². The molecule has 1 rings (SSSR count). The normalized spacial score (nSPS) is 11.4. The molecule has 1 aromatic rings. The van der Waals surface area contributed by atoms with E-state index in [1.54, 1.807) is 0 Å². The molecule has 0 spiro atoms. The quantitative estimate of drug-likeness (QED) is 0.554. The fourth-order valence-electron chi connectivity index (χ4n) is 1.30. The van der Waals surface area contributed by atoms with Crippen LogP contribution in [0.15, 0.2) is 24.3 Å². The molecule has 0 fully saturated rings. The summed E-state index contributed by atoms with van der Waals surface area (Å²) in [6.45, 7) is 0.880. The average molecular weight is 244 g/mol. The molecule has 0 radical (unpaired) electrons. The molecule has 90 valence electrons. The molecule has 6 heteroatoms. The second-order valence-electron chi connectivity index (χ2n) is 3.55. The number of benzene rings is 1. The molecule has 0 amide bonds. The average Bonchev–Trinajstić information content (AvgIpc) is 2.19. The van der Waals surface area contributed by atoms with Crippen LogP contribution in [-0.4, -0.2) is 29.0 Å². The zero-order valence-electron chi connectivity index (χ0n) is 8.97. The van der Waals surface area contributed by atoms with Gasteiger partial charge in [-0.15, -0.1) is 0 Å². The van der Waals surface area contributed by atoms with Gasteiger partial charge in [0.1, 0.15) is 0 Å². The van der Waals surface area contributed by atoms with E-state index in [0.717, 1.165) is 17.7 Å². The maximum Gasteiger partial charge on any atom is 0.327 e. The summed E-state index contributed by atoms with van der Waals surface area (Å²) in [5.74, 6) is 0. The van der Waals surface area contributed by atoms with Gasteiger partial charge in [-0.3, -0.25) is 4.57 Å². The predicted molar refractivity (Wildman–Crippen MR) is 64.6 cm³/mol. The number of hydrogen-bond donors (Lipinski definition) is 4. The van der Waals surface area contributed by atoms with E-state index in [-0.39, 0.29) is 12.7 Å². The third-order valence-corrected chi connectivity index (χ3v) is 2.93. The fourth-order valence-corrected chi connectivity index (χ4v) is 1.70. The predicted octanol–water partition coefficient (Wildman–Crippen LogP) is 0.777. The van der Waals surface area contributed by atoms with E-state index < -0.39 is 7.60 Å². The van der Waals surface area contributed by atoms with Crippen molar-refractivity contribution in [2.75, 3.05) is 24.6 Å². The molecule has 0 aliphatic rings. The Bertz CT molecular complexity index is 361. The Morgan fingerprint density at radius 2 is 1.88 bits per heavy atom. The third kappa shape index (κ3) is 5.28. The molecular weight excluding hydrogens is 227 g/mol. The summed E-state index contributed by atoms with van der Waals surface area (Å²) in [5, 5.41) is 2.95. The first kappa shape index (κ1) is 13.2. The van der Waals surface area contributed by atoms with Crippen LogP contribution in [0.5, 0.6) is 0 Å². The Hall–Kier alpha value is -0.870. The van der Waals surface area contributed by atoms with Gasteiger partial charge in [0, 0.05) is 12.2 Å². The topological polar surface area (TPSA) is 95.6 Å². The van der Waals surface area contributed by atoms with Gasteiger partial charge in [0.15, 0.2) is 0 Å². The number of rotatable bonds is 6. The summed E-state index contributed by atoms with van der Waals surface area (Å²) in [6, 6.07) is 7.66. The molecule has 0 aliphatic heterocycles. The molecular formula is C10H17N2O3P. The maximum absolute atomic E-state index is 10.6. The van der Waals surface area contributed by atoms with Crippen molar-refractivity contribution in [1.82, 2.24) is 0 Å². The maximum atomic E-state index is 10.6. The number of nitrogens with one attached hydrogen (secondary N) is 1. The molecule has 0 aliphatic carbocycles. The molecule has 0 saturated carbocycles. The fraction of sp³-hybridized carbons (Fsp3) is 0.400. The van der Waals surface area contributed by atoms with Gasteiger partial charge in [-0.05, 0) is 30.7 Å². The van der Waals surface area contributed by atoms with Gasteiger partial charge < -0.3 is 20.8 Å². The van der Waals surface area contributed by atoms with Crippen LogP contribution in [0.1, 0.15) is 5.56 Å². The summed E-state index contributed by atoms with van der Waals surface area (Å²) in [6.07, 6.45) is 0.681. The van der Waals surface area contributed by atoms with Crippen LogP contribution >= 0.6 is 7.60 Å². The summed E-state index contributed by atoms with van der Waals surface area (Å²) < 4.78 is 10.6. The van der Waals surface area contributed by atoms with E-state index in [0.29, 0.717) is 6.54 Å². The summed E-state index contributed by atoms with van der Waals surface area (Å²) in [7, 11) is -3.90. The van der Waals surface area contributed by atoms with Crippen molar-refractivity contribution in [2.24, 2.45) is 5.73 Å². The Morgan fingerprint density at radius 3 is 2.38 bits per heavy atom. The molecule has 0 aromatic heterocycles. The second kappa shape index (κ2) is 6.01. The zero-order valence-corrected chi connectivity index (χ0v) is 9.86. The third-order valence-electron chi connectivity index (χ3n) is 2.12. The van der Waals surface area contributed by atoms with Crippen molar-refractivity contribution < 1.29 is 14.4 Å². The van der Waals surface area contributed by atoms with Crippen molar-refractivity contribution in [3.05, 3.63) is 29.8 Å². The Kier molecular flexibility index (Phi) is 4.96. The lowest BCUT2D eigenvalue weighted by atomic mass is 10.1. The Morgan fingerprint density at radius 1 is 1.25 bits per heavy atom. The van der Waals surface area contributed by atoms with E-state index >= 15 is 0 Å². The number of hydrogen-bond acceptors (Lipinski definition) is 3. The molecule has 0 bridgehead atoms. The minimum Gasteiger partial charge on any atom is -0.384 e. The van der Waals surface area contributed by atoms with Crippen LogP contribution in [0, 0.1) is 0 Å². The van der Waals surface area contributed by atoms with Gasteiger partial charge in [0.2, 0.25) is 0 Å². The highest BCUT2D eigenvalue weighted by atomic mass is 31.2.